The second kappa shape index (κ2) is 4.83. The van der Waals surface area contributed by atoms with Crippen molar-refractivity contribution in [3.8, 4) is 0 Å². The van der Waals surface area contributed by atoms with E-state index in [4.69, 9.17) is 0 Å². The Bertz CT molecular complexity index is 288. The second-order valence-electron chi connectivity index (χ2n) is 4.94. The van der Waals surface area contributed by atoms with Gasteiger partial charge >= 0.3 is 0 Å². The Labute approximate surface area is 93.7 Å². The van der Waals surface area contributed by atoms with E-state index in [0.29, 0.717) is 0 Å². The van der Waals surface area contributed by atoms with Crippen LogP contribution in [0.2, 0.25) is 0 Å². The fourth-order valence-corrected chi connectivity index (χ4v) is 3.21. The summed E-state index contributed by atoms with van der Waals surface area (Å²) in [5, 5.41) is 0. The van der Waals surface area contributed by atoms with Crippen molar-refractivity contribution in [3.05, 3.63) is 35.9 Å². The minimum Gasteiger partial charge on any atom is -0.0651 e. The van der Waals surface area contributed by atoms with Gasteiger partial charge in [-0.25, -0.2) is 0 Å². The Balaban J connectivity index is 2.23. The van der Waals surface area contributed by atoms with Gasteiger partial charge in [0.2, 0.25) is 0 Å². The quantitative estimate of drug-likeness (QED) is 0.664. The summed E-state index contributed by atoms with van der Waals surface area (Å²) < 4.78 is 0. The van der Waals surface area contributed by atoms with E-state index in [2.05, 4.69) is 44.2 Å². The first-order valence-electron chi connectivity index (χ1n) is 6.29. The monoisotopic (exact) mass is 201 g/mol. The molecular weight excluding hydrogens is 180 g/mol. The molecule has 81 valence electrons. The van der Waals surface area contributed by atoms with Crippen LogP contribution in [-0.2, 0) is 0 Å². The minimum absolute atomic E-state index is 0.790. The van der Waals surface area contributed by atoms with Crippen molar-refractivity contribution in [2.75, 3.05) is 0 Å². The van der Waals surface area contributed by atoms with Gasteiger partial charge in [0.1, 0.15) is 0 Å². The molecule has 0 heterocycles. The number of rotatable bonds is 2. The van der Waals surface area contributed by atoms with Crippen molar-refractivity contribution in [1.29, 1.82) is 0 Å². The molecule has 2 rings (SSSR count). The SMILES string of the molecule is CCC1CCCC(C)C1c1cc[c]cc1. The summed E-state index contributed by atoms with van der Waals surface area (Å²) >= 11 is 0. The zero-order chi connectivity index (χ0) is 10.7. The third kappa shape index (κ3) is 2.25. The predicted molar refractivity (Wildman–Crippen MR) is 64.8 cm³/mol. The summed E-state index contributed by atoms with van der Waals surface area (Å²) in [5.41, 5.74) is 1.54. The van der Waals surface area contributed by atoms with Crippen LogP contribution in [0.15, 0.2) is 24.3 Å². The highest BCUT2D eigenvalue weighted by Gasteiger charge is 2.30. The molecule has 0 spiro atoms. The average Bonchev–Trinajstić information content (AvgIpc) is 2.29. The van der Waals surface area contributed by atoms with Crippen LogP contribution in [0, 0.1) is 17.9 Å². The van der Waals surface area contributed by atoms with E-state index >= 15 is 0 Å². The van der Waals surface area contributed by atoms with Crippen LogP contribution in [-0.4, -0.2) is 0 Å². The zero-order valence-corrected chi connectivity index (χ0v) is 9.87. The highest BCUT2D eigenvalue weighted by Crippen LogP contribution is 2.43. The predicted octanol–water partition coefficient (Wildman–Crippen LogP) is 4.42. The van der Waals surface area contributed by atoms with Gasteiger partial charge in [-0.15, -0.1) is 0 Å². The molecule has 0 N–H and O–H groups in total. The van der Waals surface area contributed by atoms with Crippen LogP contribution >= 0.6 is 0 Å². The van der Waals surface area contributed by atoms with Gasteiger partial charge < -0.3 is 0 Å². The third-order valence-corrected chi connectivity index (χ3v) is 4.01. The standard InChI is InChI=1S/C15H21/c1-3-13-11-7-8-12(2)15(13)14-9-5-4-6-10-14/h5-6,9-10,12-13,15H,3,7-8,11H2,1-2H3. The third-order valence-electron chi connectivity index (χ3n) is 4.01. The maximum absolute atomic E-state index is 3.12. The molecule has 1 aliphatic carbocycles. The smallest absolute Gasteiger partial charge is 0.0108 e. The van der Waals surface area contributed by atoms with Crippen molar-refractivity contribution >= 4 is 0 Å². The van der Waals surface area contributed by atoms with Crippen LogP contribution in [0.3, 0.4) is 0 Å². The molecule has 3 atom stereocenters. The highest BCUT2D eigenvalue weighted by atomic mass is 14.3. The lowest BCUT2D eigenvalue weighted by Gasteiger charge is -2.36. The van der Waals surface area contributed by atoms with Crippen LogP contribution in [0.25, 0.3) is 0 Å². The van der Waals surface area contributed by atoms with Crippen LogP contribution in [0.1, 0.15) is 51.0 Å². The molecule has 1 fully saturated rings. The number of hydrogen-bond donors (Lipinski definition) is 0. The normalized spacial score (nSPS) is 31.5. The van der Waals surface area contributed by atoms with E-state index in [1.54, 1.807) is 0 Å². The van der Waals surface area contributed by atoms with Crippen molar-refractivity contribution < 1.29 is 0 Å². The molecule has 0 aliphatic heterocycles. The molecule has 15 heavy (non-hydrogen) atoms. The average molecular weight is 201 g/mol. The molecule has 0 amide bonds. The molecule has 3 unspecified atom stereocenters. The fraction of sp³-hybridized carbons (Fsp3) is 0.600. The zero-order valence-electron chi connectivity index (χ0n) is 9.87. The van der Waals surface area contributed by atoms with Crippen molar-refractivity contribution in [1.82, 2.24) is 0 Å². The Kier molecular flexibility index (Phi) is 3.45. The number of benzene rings is 1. The van der Waals surface area contributed by atoms with E-state index in [1.165, 1.54) is 31.2 Å². The summed E-state index contributed by atoms with van der Waals surface area (Å²) in [6.07, 6.45) is 5.58. The topological polar surface area (TPSA) is 0 Å². The maximum Gasteiger partial charge on any atom is -0.0108 e. The summed E-state index contributed by atoms with van der Waals surface area (Å²) in [4.78, 5) is 0. The van der Waals surface area contributed by atoms with E-state index in [0.717, 1.165) is 17.8 Å². The maximum atomic E-state index is 3.12. The highest BCUT2D eigenvalue weighted by molar-refractivity contribution is 5.21. The molecule has 1 aromatic carbocycles. The Morgan fingerprint density at radius 3 is 2.67 bits per heavy atom. The molecule has 1 aliphatic rings. The lowest BCUT2D eigenvalue weighted by Crippen LogP contribution is -2.24. The van der Waals surface area contributed by atoms with Gasteiger partial charge in [0, 0.05) is 0 Å². The van der Waals surface area contributed by atoms with Gasteiger partial charge in [-0.05, 0) is 35.8 Å². The van der Waals surface area contributed by atoms with Crippen molar-refractivity contribution in [3.63, 3.8) is 0 Å². The van der Waals surface area contributed by atoms with Crippen LogP contribution in [0.5, 0.6) is 0 Å². The lowest BCUT2D eigenvalue weighted by atomic mass is 9.69. The lowest BCUT2D eigenvalue weighted by molar-refractivity contribution is 0.227. The van der Waals surface area contributed by atoms with E-state index < -0.39 is 0 Å². The van der Waals surface area contributed by atoms with E-state index in [1.807, 2.05) is 0 Å². The molecule has 0 saturated heterocycles. The first-order valence-corrected chi connectivity index (χ1v) is 6.29. The molecule has 0 nitrogen and oxygen atoms in total. The fourth-order valence-electron chi connectivity index (χ4n) is 3.21. The van der Waals surface area contributed by atoms with Crippen LogP contribution in [0.4, 0.5) is 0 Å². The summed E-state index contributed by atoms with van der Waals surface area (Å²) in [7, 11) is 0. The molecule has 0 heteroatoms. The Morgan fingerprint density at radius 2 is 2.00 bits per heavy atom. The molecule has 1 aromatic rings. The molecule has 1 radical (unpaired) electrons. The van der Waals surface area contributed by atoms with Gasteiger partial charge in [0.05, 0.1) is 0 Å². The van der Waals surface area contributed by atoms with Gasteiger partial charge in [-0.1, -0.05) is 57.4 Å². The second-order valence-corrected chi connectivity index (χ2v) is 4.94. The molecular formula is C15H21. The molecule has 0 aromatic heterocycles. The first kappa shape index (κ1) is 10.7. The first-order chi connectivity index (χ1) is 7.33. The van der Waals surface area contributed by atoms with E-state index in [-0.39, 0.29) is 0 Å². The van der Waals surface area contributed by atoms with Gasteiger partial charge in [-0.2, -0.15) is 0 Å². The van der Waals surface area contributed by atoms with Gasteiger partial charge in [0.15, 0.2) is 0 Å². The largest absolute Gasteiger partial charge is 0.0651 e. The minimum atomic E-state index is 0.790. The van der Waals surface area contributed by atoms with E-state index in [9.17, 15) is 0 Å². The number of hydrogen-bond acceptors (Lipinski definition) is 0. The van der Waals surface area contributed by atoms with Gasteiger partial charge in [-0.3, -0.25) is 0 Å². The Morgan fingerprint density at radius 1 is 1.27 bits per heavy atom. The van der Waals surface area contributed by atoms with Crippen LogP contribution < -0.4 is 0 Å². The van der Waals surface area contributed by atoms with Crippen molar-refractivity contribution in [2.24, 2.45) is 11.8 Å². The molecule has 1 saturated carbocycles. The summed E-state index contributed by atoms with van der Waals surface area (Å²) in [5.74, 6) is 2.54. The molecule has 0 bridgehead atoms. The Hall–Kier alpha value is -0.780. The summed E-state index contributed by atoms with van der Waals surface area (Å²) in [6.45, 7) is 4.76. The van der Waals surface area contributed by atoms with Crippen molar-refractivity contribution in [2.45, 2.75) is 45.4 Å². The summed E-state index contributed by atoms with van der Waals surface area (Å²) in [6, 6.07) is 11.8. The van der Waals surface area contributed by atoms with Gasteiger partial charge in [0.25, 0.3) is 0 Å².